The van der Waals surface area contributed by atoms with Crippen molar-refractivity contribution >= 4 is 5.91 Å². The molecule has 0 bridgehead atoms. The molecule has 0 unspecified atom stereocenters. The summed E-state index contributed by atoms with van der Waals surface area (Å²) in [7, 11) is 1.86. The van der Waals surface area contributed by atoms with Crippen LogP contribution in [0.1, 0.15) is 27.7 Å². The summed E-state index contributed by atoms with van der Waals surface area (Å²) in [4.78, 5) is 16.6. The molecule has 124 valence electrons. The molecule has 24 heavy (non-hydrogen) atoms. The summed E-state index contributed by atoms with van der Waals surface area (Å²) in [6, 6.07) is 11.1. The summed E-state index contributed by atoms with van der Waals surface area (Å²) >= 11 is 0. The zero-order valence-corrected chi connectivity index (χ0v) is 14.0. The highest BCUT2D eigenvalue weighted by Crippen LogP contribution is 2.16. The molecule has 1 N–H and O–H groups in total. The molecule has 0 radical (unpaired) electrons. The van der Waals surface area contributed by atoms with Gasteiger partial charge >= 0.3 is 0 Å². The third-order valence-corrected chi connectivity index (χ3v) is 3.84. The average molecular weight is 324 g/mol. The van der Waals surface area contributed by atoms with E-state index in [9.17, 15) is 4.79 Å². The van der Waals surface area contributed by atoms with Crippen LogP contribution in [0.15, 0.2) is 40.8 Å². The van der Waals surface area contributed by atoms with E-state index in [1.165, 1.54) is 0 Å². The van der Waals surface area contributed by atoms with Crippen LogP contribution in [0.3, 0.4) is 0 Å². The summed E-state index contributed by atoms with van der Waals surface area (Å²) in [5.74, 6) is 3.16. The van der Waals surface area contributed by atoms with Gasteiger partial charge in [-0.15, -0.1) is 0 Å². The van der Waals surface area contributed by atoms with Gasteiger partial charge in [0.2, 0.25) is 0 Å². The van der Waals surface area contributed by atoms with Gasteiger partial charge in [-0.05, 0) is 38.1 Å². The molecule has 0 spiro atoms. The third kappa shape index (κ3) is 3.53. The van der Waals surface area contributed by atoms with E-state index in [0.29, 0.717) is 24.4 Å². The summed E-state index contributed by atoms with van der Waals surface area (Å²) in [6.07, 6.45) is 0.675. The molecule has 1 amide bonds. The molecule has 2 heterocycles. The largest absolute Gasteiger partial charge is 0.466 e. The van der Waals surface area contributed by atoms with Crippen LogP contribution in [-0.4, -0.2) is 27.2 Å². The number of carbonyl (C=O) groups is 1. The fraction of sp³-hybridized carbons (Fsp3) is 0.278. The Hall–Kier alpha value is -2.89. The van der Waals surface area contributed by atoms with Crippen LogP contribution in [0.2, 0.25) is 0 Å². The van der Waals surface area contributed by atoms with Crippen LogP contribution in [0.4, 0.5) is 0 Å². The molecule has 2 aromatic heterocycles. The van der Waals surface area contributed by atoms with Gasteiger partial charge in [-0.25, -0.2) is 4.98 Å². The van der Waals surface area contributed by atoms with Crippen LogP contribution in [-0.2, 0) is 13.5 Å². The molecule has 0 aliphatic heterocycles. The number of nitrogens with zero attached hydrogens (tertiary/aromatic N) is 3. The van der Waals surface area contributed by atoms with Crippen molar-refractivity contribution in [3.63, 3.8) is 0 Å². The van der Waals surface area contributed by atoms with Crippen molar-refractivity contribution in [2.75, 3.05) is 6.54 Å². The second kappa shape index (κ2) is 6.70. The minimum atomic E-state index is -0.102. The summed E-state index contributed by atoms with van der Waals surface area (Å²) in [5.41, 5.74) is 1.50. The van der Waals surface area contributed by atoms with Crippen LogP contribution < -0.4 is 5.32 Å². The van der Waals surface area contributed by atoms with Crippen LogP contribution >= 0.6 is 0 Å². The first-order chi connectivity index (χ1) is 11.5. The van der Waals surface area contributed by atoms with Gasteiger partial charge in [0.05, 0.1) is 0 Å². The summed E-state index contributed by atoms with van der Waals surface area (Å²) in [5, 5.41) is 7.23. The highest BCUT2D eigenvalue weighted by Gasteiger charge is 2.09. The van der Waals surface area contributed by atoms with Crippen LogP contribution in [0, 0.1) is 13.8 Å². The number of hydrogen-bond donors (Lipinski definition) is 1. The topological polar surface area (TPSA) is 73.0 Å². The highest BCUT2D eigenvalue weighted by atomic mass is 16.3. The minimum absolute atomic E-state index is 0.102. The van der Waals surface area contributed by atoms with E-state index in [-0.39, 0.29) is 5.91 Å². The third-order valence-electron chi connectivity index (χ3n) is 3.84. The van der Waals surface area contributed by atoms with E-state index in [2.05, 4.69) is 15.4 Å². The maximum Gasteiger partial charge on any atom is 0.251 e. The molecule has 1 aromatic carbocycles. The van der Waals surface area contributed by atoms with Crippen molar-refractivity contribution < 1.29 is 9.21 Å². The van der Waals surface area contributed by atoms with Crippen LogP contribution in [0.5, 0.6) is 0 Å². The lowest BCUT2D eigenvalue weighted by Crippen LogP contribution is -2.25. The molecular formula is C18H20N4O2. The lowest BCUT2D eigenvalue weighted by molar-refractivity contribution is 0.0953. The van der Waals surface area contributed by atoms with E-state index in [4.69, 9.17) is 4.42 Å². The smallest absolute Gasteiger partial charge is 0.251 e. The van der Waals surface area contributed by atoms with Crippen molar-refractivity contribution in [1.29, 1.82) is 0 Å². The Bertz CT molecular complexity index is 827. The number of nitrogens with one attached hydrogen (secondary N) is 1. The SMILES string of the molecule is Cc1ccc(CCNC(=O)c2ccc(-c3nc(C)n(C)n3)cc2)o1. The Morgan fingerprint density at radius 1 is 1.17 bits per heavy atom. The number of hydrogen-bond acceptors (Lipinski definition) is 4. The highest BCUT2D eigenvalue weighted by molar-refractivity contribution is 5.94. The summed E-state index contributed by atoms with van der Waals surface area (Å²) < 4.78 is 7.21. The molecule has 0 saturated carbocycles. The first-order valence-electron chi connectivity index (χ1n) is 7.84. The lowest BCUT2D eigenvalue weighted by Gasteiger charge is -2.04. The first kappa shape index (κ1) is 16.0. The Morgan fingerprint density at radius 3 is 2.50 bits per heavy atom. The standard InChI is InChI=1S/C18H20N4O2/c1-12-4-9-16(24-12)10-11-19-18(23)15-7-5-14(6-8-15)17-20-13(2)22(3)21-17/h4-9H,10-11H2,1-3H3,(H,19,23). The van der Waals surface area contributed by atoms with Gasteiger partial charge < -0.3 is 9.73 Å². The Morgan fingerprint density at radius 2 is 1.92 bits per heavy atom. The second-order valence-electron chi connectivity index (χ2n) is 5.70. The van der Waals surface area contributed by atoms with Gasteiger partial charge in [-0.1, -0.05) is 12.1 Å². The number of amides is 1. The van der Waals surface area contributed by atoms with E-state index in [1.807, 2.05) is 45.2 Å². The maximum absolute atomic E-state index is 12.2. The Kier molecular flexibility index (Phi) is 4.46. The number of aromatic nitrogens is 3. The number of aryl methyl sites for hydroxylation is 3. The van der Waals surface area contributed by atoms with E-state index < -0.39 is 0 Å². The quantitative estimate of drug-likeness (QED) is 0.783. The number of furan rings is 1. The molecule has 0 fully saturated rings. The van der Waals surface area contributed by atoms with Crippen molar-refractivity contribution in [3.05, 3.63) is 59.3 Å². The zero-order chi connectivity index (χ0) is 17.1. The van der Waals surface area contributed by atoms with E-state index in [0.717, 1.165) is 22.9 Å². The normalized spacial score (nSPS) is 10.8. The predicted octanol–water partition coefficient (Wildman–Crippen LogP) is 2.66. The van der Waals surface area contributed by atoms with Gasteiger partial charge in [0.1, 0.15) is 17.3 Å². The predicted molar refractivity (Wildman–Crippen MR) is 90.7 cm³/mol. The molecular weight excluding hydrogens is 304 g/mol. The molecule has 3 rings (SSSR count). The van der Waals surface area contributed by atoms with Crippen LogP contribution in [0.25, 0.3) is 11.4 Å². The fourth-order valence-corrected chi connectivity index (χ4v) is 2.38. The van der Waals surface area contributed by atoms with Gasteiger partial charge in [-0.3, -0.25) is 9.48 Å². The van der Waals surface area contributed by atoms with Crippen molar-refractivity contribution in [2.24, 2.45) is 7.05 Å². The molecule has 6 nitrogen and oxygen atoms in total. The number of carbonyl (C=O) groups excluding carboxylic acids is 1. The van der Waals surface area contributed by atoms with E-state index >= 15 is 0 Å². The zero-order valence-electron chi connectivity index (χ0n) is 14.0. The van der Waals surface area contributed by atoms with Crippen molar-refractivity contribution in [2.45, 2.75) is 20.3 Å². The Labute approximate surface area is 140 Å². The van der Waals surface area contributed by atoms with E-state index in [1.54, 1.807) is 16.8 Å². The van der Waals surface area contributed by atoms with Crippen molar-refractivity contribution in [3.8, 4) is 11.4 Å². The number of benzene rings is 1. The monoisotopic (exact) mass is 324 g/mol. The molecule has 0 saturated heterocycles. The second-order valence-corrected chi connectivity index (χ2v) is 5.70. The average Bonchev–Trinajstić information content (AvgIpc) is 3.13. The number of rotatable bonds is 5. The molecule has 6 heteroatoms. The summed E-state index contributed by atoms with van der Waals surface area (Å²) in [6.45, 7) is 4.34. The Balaban J connectivity index is 1.59. The maximum atomic E-state index is 12.2. The van der Waals surface area contributed by atoms with Gasteiger partial charge in [0.25, 0.3) is 5.91 Å². The molecule has 3 aromatic rings. The van der Waals surface area contributed by atoms with Crippen molar-refractivity contribution in [1.82, 2.24) is 20.1 Å². The van der Waals surface area contributed by atoms with Gasteiger partial charge in [0.15, 0.2) is 5.82 Å². The van der Waals surface area contributed by atoms with Gasteiger partial charge in [0, 0.05) is 31.1 Å². The molecule has 0 aliphatic carbocycles. The fourth-order valence-electron chi connectivity index (χ4n) is 2.38. The molecule has 0 atom stereocenters. The lowest BCUT2D eigenvalue weighted by atomic mass is 10.1. The first-order valence-corrected chi connectivity index (χ1v) is 7.84. The molecule has 0 aliphatic rings. The van der Waals surface area contributed by atoms with Gasteiger partial charge in [-0.2, -0.15) is 5.10 Å². The minimum Gasteiger partial charge on any atom is -0.466 e.